The number of hydrogen-bond acceptors (Lipinski definition) is 4. The number of benzene rings is 1. The number of carbonyl (C=O) groups is 2. The summed E-state index contributed by atoms with van der Waals surface area (Å²) in [7, 11) is 1.55. The highest BCUT2D eigenvalue weighted by Gasteiger charge is 2.12. The third kappa shape index (κ3) is 3.47. The predicted molar refractivity (Wildman–Crippen MR) is 76.7 cm³/mol. The van der Waals surface area contributed by atoms with Crippen LogP contribution in [0.15, 0.2) is 42.7 Å². The van der Waals surface area contributed by atoms with Gasteiger partial charge in [-0.05, 0) is 30.3 Å². The number of aromatic nitrogens is 1. The molecule has 0 unspecified atom stereocenters. The smallest absolute Gasteiger partial charge is 0.337 e. The normalized spacial score (nSPS) is 9.95. The third-order valence-corrected chi connectivity index (χ3v) is 2.78. The zero-order chi connectivity index (χ0) is 15.4. The van der Waals surface area contributed by atoms with Gasteiger partial charge in [0.25, 0.3) is 0 Å². The average molecular weight is 287 g/mol. The maximum Gasteiger partial charge on any atom is 0.337 e. The molecule has 108 valence electrons. The zero-order valence-corrected chi connectivity index (χ0v) is 11.1. The van der Waals surface area contributed by atoms with E-state index < -0.39 is 12.0 Å². The van der Waals surface area contributed by atoms with E-state index in [-0.39, 0.29) is 17.0 Å². The SMILES string of the molecule is CN(C(=O)Nc1cncc(C(=O)O)c1)c1ccc(O)cc1. The van der Waals surface area contributed by atoms with E-state index in [0.29, 0.717) is 5.69 Å². The van der Waals surface area contributed by atoms with Crippen LogP contribution in [-0.4, -0.2) is 34.2 Å². The van der Waals surface area contributed by atoms with E-state index in [2.05, 4.69) is 10.3 Å². The molecule has 0 radical (unpaired) electrons. The van der Waals surface area contributed by atoms with E-state index in [1.54, 1.807) is 19.2 Å². The number of pyridine rings is 1. The standard InChI is InChI=1S/C14H13N3O4/c1-17(11-2-4-12(18)5-3-11)14(21)16-10-6-9(13(19)20)7-15-8-10/h2-8,18H,1H3,(H,16,21)(H,19,20). The number of aromatic carboxylic acids is 1. The van der Waals surface area contributed by atoms with E-state index in [0.717, 1.165) is 0 Å². The van der Waals surface area contributed by atoms with Gasteiger partial charge in [-0.3, -0.25) is 9.88 Å². The lowest BCUT2D eigenvalue weighted by Crippen LogP contribution is -2.31. The van der Waals surface area contributed by atoms with Gasteiger partial charge < -0.3 is 15.5 Å². The summed E-state index contributed by atoms with van der Waals surface area (Å²) in [6, 6.07) is 6.96. The molecule has 7 nitrogen and oxygen atoms in total. The average Bonchev–Trinajstić information content (AvgIpc) is 2.47. The highest BCUT2D eigenvalue weighted by molar-refractivity contribution is 6.01. The van der Waals surface area contributed by atoms with Gasteiger partial charge in [-0.2, -0.15) is 0 Å². The summed E-state index contributed by atoms with van der Waals surface area (Å²) in [6.45, 7) is 0. The van der Waals surface area contributed by atoms with Crippen LogP contribution in [0.25, 0.3) is 0 Å². The summed E-state index contributed by atoms with van der Waals surface area (Å²) in [5.74, 6) is -1.02. The molecular formula is C14H13N3O4. The molecule has 7 heteroatoms. The molecule has 0 aliphatic heterocycles. The largest absolute Gasteiger partial charge is 0.508 e. The minimum Gasteiger partial charge on any atom is -0.508 e. The molecule has 0 bridgehead atoms. The molecule has 0 saturated heterocycles. The number of rotatable bonds is 3. The molecule has 1 aromatic heterocycles. The summed E-state index contributed by atoms with van der Waals surface area (Å²) >= 11 is 0. The van der Waals surface area contributed by atoms with Gasteiger partial charge in [-0.1, -0.05) is 0 Å². The first-order valence-electron chi connectivity index (χ1n) is 5.99. The maximum absolute atomic E-state index is 12.1. The van der Waals surface area contributed by atoms with Crippen LogP contribution in [0.3, 0.4) is 0 Å². The van der Waals surface area contributed by atoms with Gasteiger partial charge >= 0.3 is 12.0 Å². The van der Waals surface area contributed by atoms with E-state index in [9.17, 15) is 14.7 Å². The van der Waals surface area contributed by atoms with Crippen LogP contribution >= 0.6 is 0 Å². The Balaban J connectivity index is 2.12. The van der Waals surface area contributed by atoms with Gasteiger partial charge in [0.1, 0.15) is 5.75 Å². The van der Waals surface area contributed by atoms with Gasteiger partial charge in [0.05, 0.1) is 17.4 Å². The minimum absolute atomic E-state index is 0.0138. The van der Waals surface area contributed by atoms with E-state index in [4.69, 9.17) is 5.11 Å². The molecule has 1 aromatic carbocycles. The van der Waals surface area contributed by atoms with Crippen LogP contribution in [0, 0.1) is 0 Å². The Morgan fingerprint density at radius 2 is 1.86 bits per heavy atom. The van der Waals surface area contributed by atoms with Crippen molar-refractivity contribution in [3.05, 3.63) is 48.3 Å². The molecule has 21 heavy (non-hydrogen) atoms. The number of urea groups is 1. The molecule has 0 aliphatic carbocycles. The third-order valence-electron chi connectivity index (χ3n) is 2.78. The number of nitrogens with zero attached hydrogens (tertiary/aromatic N) is 2. The fourth-order valence-corrected chi connectivity index (χ4v) is 1.63. The van der Waals surface area contributed by atoms with Crippen molar-refractivity contribution in [2.45, 2.75) is 0 Å². The van der Waals surface area contributed by atoms with Crippen LogP contribution in [0.5, 0.6) is 5.75 Å². The monoisotopic (exact) mass is 287 g/mol. The molecule has 1 heterocycles. The van der Waals surface area contributed by atoms with Crippen molar-refractivity contribution in [2.75, 3.05) is 17.3 Å². The lowest BCUT2D eigenvalue weighted by molar-refractivity contribution is 0.0696. The lowest BCUT2D eigenvalue weighted by Gasteiger charge is -2.18. The summed E-state index contributed by atoms with van der Waals surface area (Å²) in [4.78, 5) is 28.0. The summed E-state index contributed by atoms with van der Waals surface area (Å²) in [5, 5.41) is 20.6. The van der Waals surface area contributed by atoms with Gasteiger partial charge in [-0.15, -0.1) is 0 Å². The van der Waals surface area contributed by atoms with Crippen LogP contribution in [-0.2, 0) is 0 Å². The molecular weight excluding hydrogens is 274 g/mol. The van der Waals surface area contributed by atoms with Gasteiger partial charge in [0.15, 0.2) is 0 Å². The van der Waals surface area contributed by atoms with Crippen molar-refractivity contribution < 1.29 is 19.8 Å². The van der Waals surface area contributed by atoms with E-state index in [1.165, 1.54) is 35.5 Å². The number of carbonyl (C=O) groups excluding carboxylic acids is 1. The highest BCUT2D eigenvalue weighted by Crippen LogP contribution is 2.18. The second kappa shape index (κ2) is 5.91. The Morgan fingerprint density at radius 1 is 1.19 bits per heavy atom. The first-order chi connectivity index (χ1) is 9.97. The molecule has 0 spiro atoms. The van der Waals surface area contributed by atoms with Crippen LogP contribution in [0.4, 0.5) is 16.2 Å². The van der Waals surface area contributed by atoms with Crippen molar-refractivity contribution >= 4 is 23.4 Å². The van der Waals surface area contributed by atoms with Crippen molar-refractivity contribution in [1.82, 2.24) is 4.98 Å². The van der Waals surface area contributed by atoms with Crippen molar-refractivity contribution in [1.29, 1.82) is 0 Å². The molecule has 0 atom stereocenters. The Kier molecular flexibility index (Phi) is 4.03. The number of amides is 2. The summed E-state index contributed by atoms with van der Waals surface area (Å²) in [5.41, 5.74) is 0.846. The van der Waals surface area contributed by atoms with Crippen LogP contribution < -0.4 is 10.2 Å². The fraction of sp³-hybridized carbons (Fsp3) is 0.0714. The van der Waals surface area contributed by atoms with Crippen LogP contribution in [0.1, 0.15) is 10.4 Å². The molecule has 3 N–H and O–H groups in total. The number of hydrogen-bond donors (Lipinski definition) is 3. The highest BCUT2D eigenvalue weighted by atomic mass is 16.4. The quantitative estimate of drug-likeness (QED) is 0.802. The second-order valence-corrected chi connectivity index (χ2v) is 4.27. The van der Waals surface area contributed by atoms with Gasteiger partial charge in [-0.25, -0.2) is 9.59 Å². The Labute approximate surface area is 120 Å². The van der Waals surface area contributed by atoms with Crippen molar-refractivity contribution in [2.24, 2.45) is 0 Å². The van der Waals surface area contributed by atoms with Gasteiger partial charge in [0.2, 0.25) is 0 Å². The van der Waals surface area contributed by atoms with E-state index in [1.807, 2.05) is 0 Å². The Hall–Kier alpha value is -3.09. The Morgan fingerprint density at radius 3 is 2.48 bits per heavy atom. The molecule has 2 rings (SSSR count). The van der Waals surface area contributed by atoms with Gasteiger partial charge in [0, 0.05) is 18.9 Å². The number of carboxylic acids is 1. The number of anilines is 2. The number of nitrogens with one attached hydrogen (secondary N) is 1. The number of aromatic hydroxyl groups is 1. The fourth-order valence-electron chi connectivity index (χ4n) is 1.63. The topological polar surface area (TPSA) is 103 Å². The first kappa shape index (κ1) is 14.3. The van der Waals surface area contributed by atoms with Crippen LogP contribution in [0.2, 0.25) is 0 Å². The molecule has 0 fully saturated rings. The predicted octanol–water partition coefficient (Wildman–Crippen LogP) is 2.15. The minimum atomic E-state index is -1.12. The first-order valence-corrected chi connectivity index (χ1v) is 5.99. The van der Waals surface area contributed by atoms with Crippen molar-refractivity contribution in [3.63, 3.8) is 0 Å². The molecule has 2 amide bonds. The molecule has 2 aromatic rings. The maximum atomic E-state index is 12.1. The second-order valence-electron chi connectivity index (χ2n) is 4.27. The summed E-state index contributed by atoms with van der Waals surface area (Å²) < 4.78 is 0. The molecule has 0 aliphatic rings. The Bertz CT molecular complexity index is 670. The number of carboxylic acid groups (broad SMARTS) is 1. The number of phenols is 1. The summed E-state index contributed by atoms with van der Waals surface area (Å²) in [6.07, 6.45) is 2.55. The van der Waals surface area contributed by atoms with E-state index >= 15 is 0 Å². The lowest BCUT2D eigenvalue weighted by atomic mass is 10.2. The van der Waals surface area contributed by atoms with Crippen molar-refractivity contribution in [3.8, 4) is 5.75 Å². The number of phenolic OH excluding ortho intramolecular Hbond substituents is 1. The molecule has 0 saturated carbocycles. The zero-order valence-electron chi connectivity index (χ0n) is 11.1.